The van der Waals surface area contributed by atoms with Gasteiger partial charge < -0.3 is 14.6 Å². The average Bonchev–Trinajstić information content (AvgIpc) is 3.43. The third-order valence-corrected chi connectivity index (χ3v) is 5.85. The van der Waals surface area contributed by atoms with Gasteiger partial charge in [-0.15, -0.1) is 5.10 Å². The van der Waals surface area contributed by atoms with Crippen LogP contribution in [0.15, 0.2) is 48.9 Å². The minimum atomic E-state index is -0.604. The molecule has 0 spiro atoms. The fourth-order valence-electron chi connectivity index (χ4n) is 4.05. The SMILES string of the molecule is Cn1ccnc1[C@H](O)C1CCN(C(=O)c2cn(CCCc3ccccc3)nn2)CC1. The summed E-state index contributed by atoms with van der Waals surface area (Å²) in [6.07, 6.45) is 8.05. The van der Waals surface area contributed by atoms with Gasteiger partial charge in [-0.05, 0) is 37.2 Å². The molecule has 2 aromatic heterocycles. The zero-order chi connectivity index (χ0) is 20.9. The first-order valence-corrected chi connectivity index (χ1v) is 10.5. The van der Waals surface area contributed by atoms with Crippen molar-refractivity contribution in [2.24, 2.45) is 13.0 Å². The Hall–Kier alpha value is -3.00. The van der Waals surface area contributed by atoms with Crippen LogP contribution in [0.5, 0.6) is 0 Å². The summed E-state index contributed by atoms with van der Waals surface area (Å²) < 4.78 is 3.59. The van der Waals surface area contributed by atoms with Crippen LogP contribution in [0.2, 0.25) is 0 Å². The Bertz CT molecular complexity index is 959. The van der Waals surface area contributed by atoms with Crippen molar-refractivity contribution in [3.05, 3.63) is 66.0 Å². The van der Waals surface area contributed by atoms with E-state index in [4.69, 9.17) is 0 Å². The quantitative estimate of drug-likeness (QED) is 0.648. The summed E-state index contributed by atoms with van der Waals surface area (Å²) in [6.45, 7) is 1.94. The molecule has 0 aliphatic carbocycles. The second-order valence-electron chi connectivity index (χ2n) is 7.93. The number of carbonyl (C=O) groups is 1. The maximum Gasteiger partial charge on any atom is 0.276 e. The van der Waals surface area contributed by atoms with Crippen molar-refractivity contribution in [2.75, 3.05) is 13.1 Å². The molecule has 158 valence electrons. The van der Waals surface area contributed by atoms with E-state index in [0.717, 1.165) is 32.2 Å². The number of amides is 1. The van der Waals surface area contributed by atoms with Gasteiger partial charge in [0.15, 0.2) is 5.69 Å². The van der Waals surface area contributed by atoms with Crippen molar-refractivity contribution in [3.63, 3.8) is 0 Å². The minimum Gasteiger partial charge on any atom is -0.385 e. The smallest absolute Gasteiger partial charge is 0.276 e. The van der Waals surface area contributed by atoms with Gasteiger partial charge in [0.2, 0.25) is 0 Å². The molecule has 1 amide bonds. The van der Waals surface area contributed by atoms with Crippen LogP contribution in [0.4, 0.5) is 0 Å². The van der Waals surface area contributed by atoms with Gasteiger partial charge in [-0.1, -0.05) is 35.5 Å². The van der Waals surface area contributed by atoms with Crippen molar-refractivity contribution >= 4 is 5.91 Å². The van der Waals surface area contributed by atoms with E-state index in [-0.39, 0.29) is 11.8 Å². The molecule has 1 fully saturated rings. The molecule has 0 saturated carbocycles. The number of carbonyl (C=O) groups excluding carboxylic acids is 1. The van der Waals surface area contributed by atoms with Crippen molar-refractivity contribution in [1.29, 1.82) is 0 Å². The first-order valence-electron chi connectivity index (χ1n) is 10.5. The van der Waals surface area contributed by atoms with Crippen molar-refractivity contribution < 1.29 is 9.90 Å². The molecule has 3 heterocycles. The Labute approximate surface area is 176 Å². The monoisotopic (exact) mass is 408 g/mol. The number of likely N-dealkylation sites (tertiary alicyclic amines) is 1. The van der Waals surface area contributed by atoms with Gasteiger partial charge in [0.25, 0.3) is 5.91 Å². The molecule has 8 heteroatoms. The van der Waals surface area contributed by atoms with Crippen LogP contribution >= 0.6 is 0 Å². The van der Waals surface area contributed by atoms with E-state index < -0.39 is 6.10 Å². The lowest BCUT2D eigenvalue weighted by atomic mass is 9.90. The van der Waals surface area contributed by atoms with Crippen LogP contribution in [0, 0.1) is 5.92 Å². The van der Waals surface area contributed by atoms with Crippen molar-refractivity contribution in [3.8, 4) is 0 Å². The Balaban J connectivity index is 1.27. The third-order valence-electron chi connectivity index (χ3n) is 5.85. The van der Waals surface area contributed by atoms with Crippen molar-refractivity contribution in [1.82, 2.24) is 29.4 Å². The first-order chi connectivity index (χ1) is 14.6. The molecule has 1 aliphatic heterocycles. The number of imidazole rings is 1. The Morgan fingerprint density at radius 2 is 2.00 bits per heavy atom. The summed E-state index contributed by atoms with van der Waals surface area (Å²) in [6, 6.07) is 10.3. The second-order valence-corrected chi connectivity index (χ2v) is 7.93. The number of nitrogens with zero attached hydrogens (tertiary/aromatic N) is 6. The molecule has 30 heavy (non-hydrogen) atoms. The van der Waals surface area contributed by atoms with Crippen molar-refractivity contribution in [2.45, 2.75) is 38.3 Å². The molecule has 0 radical (unpaired) electrons. The molecular formula is C22H28N6O2. The van der Waals surface area contributed by atoms with E-state index >= 15 is 0 Å². The van der Waals surface area contributed by atoms with Crippen LogP contribution in [0.1, 0.15) is 47.2 Å². The molecule has 0 bridgehead atoms. The normalized spacial score (nSPS) is 16.0. The summed E-state index contributed by atoms with van der Waals surface area (Å²) in [5.74, 6) is 0.691. The molecule has 4 rings (SSSR count). The van der Waals surface area contributed by atoms with Gasteiger partial charge in [-0.25, -0.2) is 4.98 Å². The van der Waals surface area contributed by atoms with E-state index in [1.54, 1.807) is 22.0 Å². The van der Waals surface area contributed by atoms with Crippen LogP contribution < -0.4 is 0 Å². The number of aliphatic hydroxyl groups is 1. The predicted molar refractivity (Wildman–Crippen MR) is 112 cm³/mol. The van der Waals surface area contributed by atoms with E-state index in [9.17, 15) is 9.90 Å². The fraction of sp³-hybridized carbons (Fsp3) is 0.455. The molecular weight excluding hydrogens is 380 g/mol. The number of aryl methyl sites for hydroxylation is 3. The average molecular weight is 409 g/mol. The van der Waals surface area contributed by atoms with Gasteiger partial charge in [0.1, 0.15) is 11.9 Å². The lowest BCUT2D eigenvalue weighted by Gasteiger charge is -2.33. The van der Waals surface area contributed by atoms with Crippen LogP contribution in [0.3, 0.4) is 0 Å². The standard InChI is InChI=1S/C22H28N6O2/c1-26-15-11-23-21(26)20(29)18-9-13-27(14-10-18)22(30)19-16-28(25-24-19)12-5-8-17-6-3-2-4-7-17/h2-4,6-7,11,15-16,18,20,29H,5,8-10,12-14H2,1H3/t20-/m1/s1. The highest BCUT2D eigenvalue weighted by atomic mass is 16.3. The van der Waals surface area contributed by atoms with E-state index in [2.05, 4.69) is 27.4 Å². The molecule has 3 aromatic rings. The van der Waals surface area contributed by atoms with Crippen LogP contribution in [-0.2, 0) is 20.0 Å². The Kier molecular flexibility index (Phi) is 6.23. The fourth-order valence-corrected chi connectivity index (χ4v) is 4.05. The number of hydrogen-bond acceptors (Lipinski definition) is 5. The largest absolute Gasteiger partial charge is 0.385 e. The van der Waals surface area contributed by atoms with Gasteiger partial charge in [-0.3, -0.25) is 9.48 Å². The predicted octanol–water partition coefficient (Wildman–Crippen LogP) is 2.23. The summed E-state index contributed by atoms with van der Waals surface area (Å²) in [5.41, 5.74) is 1.68. The zero-order valence-corrected chi connectivity index (χ0v) is 17.3. The molecule has 1 aliphatic rings. The number of hydrogen-bond donors (Lipinski definition) is 1. The lowest BCUT2D eigenvalue weighted by Crippen LogP contribution is -2.40. The van der Waals surface area contributed by atoms with E-state index in [1.807, 2.05) is 36.0 Å². The highest BCUT2D eigenvalue weighted by Gasteiger charge is 2.31. The highest BCUT2D eigenvalue weighted by molar-refractivity contribution is 5.91. The Morgan fingerprint density at radius 1 is 1.23 bits per heavy atom. The summed E-state index contributed by atoms with van der Waals surface area (Å²) >= 11 is 0. The van der Waals surface area contributed by atoms with E-state index in [1.165, 1.54) is 5.56 Å². The minimum absolute atomic E-state index is 0.0887. The van der Waals surface area contributed by atoms with Crippen LogP contribution in [-0.4, -0.2) is 53.5 Å². The molecule has 1 N–H and O–H groups in total. The zero-order valence-electron chi connectivity index (χ0n) is 17.3. The topological polar surface area (TPSA) is 89.1 Å². The summed E-state index contributed by atoms with van der Waals surface area (Å²) in [7, 11) is 1.88. The lowest BCUT2D eigenvalue weighted by molar-refractivity contribution is 0.0417. The highest BCUT2D eigenvalue weighted by Crippen LogP contribution is 2.30. The Morgan fingerprint density at radius 3 is 2.70 bits per heavy atom. The number of piperidine rings is 1. The number of rotatable bonds is 7. The van der Waals surface area contributed by atoms with Gasteiger partial charge >= 0.3 is 0 Å². The maximum atomic E-state index is 12.8. The third kappa shape index (κ3) is 4.59. The summed E-state index contributed by atoms with van der Waals surface area (Å²) in [4.78, 5) is 18.9. The molecule has 0 unspecified atom stereocenters. The molecule has 1 saturated heterocycles. The number of aromatic nitrogens is 5. The van der Waals surface area contributed by atoms with E-state index in [0.29, 0.717) is 24.6 Å². The van der Waals surface area contributed by atoms with Crippen LogP contribution in [0.25, 0.3) is 0 Å². The molecule has 8 nitrogen and oxygen atoms in total. The van der Waals surface area contributed by atoms with Gasteiger partial charge in [0, 0.05) is 39.1 Å². The van der Waals surface area contributed by atoms with Gasteiger partial charge in [-0.2, -0.15) is 0 Å². The summed E-state index contributed by atoms with van der Waals surface area (Å²) in [5, 5.41) is 18.8. The molecule has 1 atom stereocenters. The number of aliphatic hydroxyl groups excluding tert-OH is 1. The maximum absolute atomic E-state index is 12.8. The molecule has 1 aromatic carbocycles. The number of benzene rings is 1. The second kappa shape index (κ2) is 9.21. The first kappa shape index (κ1) is 20.3. The van der Waals surface area contributed by atoms with Gasteiger partial charge in [0.05, 0.1) is 6.20 Å².